The lowest BCUT2D eigenvalue weighted by atomic mass is 9.67. The number of nitriles is 2. The molecular weight excluding hydrogens is 366 g/mol. The molecule has 1 aliphatic rings. The van der Waals surface area contributed by atoms with Gasteiger partial charge in [0.25, 0.3) is 0 Å². The van der Waals surface area contributed by atoms with Gasteiger partial charge in [-0.05, 0) is 25.0 Å². The van der Waals surface area contributed by atoms with Gasteiger partial charge in [0.2, 0.25) is 0 Å². The van der Waals surface area contributed by atoms with Crippen LogP contribution in [-0.4, -0.2) is 34.2 Å². The fourth-order valence-electron chi connectivity index (χ4n) is 4.03. The molecular formula is C20H17N9. The Morgan fingerprint density at radius 1 is 1.17 bits per heavy atom. The minimum atomic E-state index is -0.414. The van der Waals surface area contributed by atoms with Crippen molar-refractivity contribution in [1.29, 1.82) is 10.5 Å². The lowest BCUT2D eigenvalue weighted by Gasteiger charge is -2.43. The highest BCUT2D eigenvalue weighted by molar-refractivity contribution is 5.77. The van der Waals surface area contributed by atoms with Gasteiger partial charge in [0.15, 0.2) is 0 Å². The van der Waals surface area contributed by atoms with E-state index in [4.69, 9.17) is 10.2 Å². The zero-order valence-corrected chi connectivity index (χ0v) is 15.8. The molecule has 9 heteroatoms. The topological polar surface area (TPSA) is 113 Å². The molecule has 4 aromatic heterocycles. The summed E-state index contributed by atoms with van der Waals surface area (Å²) in [6, 6.07) is 8.35. The van der Waals surface area contributed by atoms with Crippen molar-refractivity contribution in [1.82, 2.24) is 34.2 Å². The van der Waals surface area contributed by atoms with Crippen molar-refractivity contribution in [2.45, 2.75) is 24.8 Å². The van der Waals surface area contributed by atoms with Gasteiger partial charge in [-0.2, -0.15) is 25.8 Å². The van der Waals surface area contributed by atoms with Crippen molar-refractivity contribution in [3.8, 4) is 34.8 Å². The molecule has 0 aliphatic heterocycles. The average molecular weight is 383 g/mol. The molecule has 5 rings (SSSR count). The van der Waals surface area contributed by atoms with E-state index in [0.717, 1.165) is 22.5 Å². The second-order valence-corrected chi connectivity index (χ2v) is 7.48. The van der Waals surface area contributed by atoms with Crippen LogP contribution in [0.4, 0.5) is 0 Å². The number of aromatic nitrogens is 7. The molecule has 0 unspecified atom stereocenters. The van der Waals surface area contributed by atoms with E-state index in [1.54, 1.807) is 21.6 Å². The third kappa shape index (κ3) is 2.67. The van der Waals surface area contributed by atoms with Crippen LogP contribution in [0, 0.1) is 28.6 Å². The Bertz CT molecular complexity index is 1290. The van der Waals surface area contributed by atoms with Crippen molar-refractivity contribution in [2.75, 3.05) is 0 Å². The zero-order chi connectivity index (χ0) is 20.0. The van der Waals surface area contributed by atoms with E-state index in [2.05, 4.69) is 27.4 Å². The summed E-state index contributed by atoms with van der Waals surface area (Å²) in [6.07, 6.45) is 10.7. The Labute approximate surface area is 166 Å². The van der Waals surface area contributed by atoms with Crippen molar-refractivity contribution in [3.63, 3.8) is 0 Å². The summed E-state index contributed by atoms with van der Waals surface area (Å²) in [7, 11) is 1.86. The summed E-state index contributed by atoms with van der Waals surface area (Å²) in [5.41, 5.74) is 3.51. The maximum atomic E-state index is 9.28. The van der Waals surface area contributed by atoms with Crippen LogP contribution < -0.4 is 0 Å². The summed E-state index contributed by atoms with van der Waals surface area (Å²) >= 11 is 0. The Morgan fingerprint density at radius 3 is 2.76 bits per heavy atom. The molecule has 1 fully saturated rings. The van der Waals surface area contributed by atoms with Crippen LogP contribution >= 0.6 is 0 Å². The monoisotopic (exact) mass is 383 g/mol. The van der Waals surface area contributed by atoms with E-state index in [0.29, 0.717) is 25.0 Å². The zero-order valence-electron chi connectivity index (χ0n) is 15.8. The van der Waals surface area contributed by atoms with Crippen LogP contribution in [0.2, 0.25) is 0 Å². The molecule has 4 aromatic rings. The highest BCUT2D eigenvalue weighted by Gasteiger charge is 2.46. The van der Waals surface area contributed by atoms with Gasteiger partial charge < -0.3 is 0 Å². The first kappa shape index (κ1) is 17.1. The predicted molar refractivity (Wildman–Crippen MR) is 103 cm³/mol. The standard InChI is InChI=1S/C20H17N9/c1-27-7-3-16(26-27)17-13-28-18(2-6-23-28)19(25-17)15-11-24-29(12-15)20(4-5-21)8-14(9-20)10-22/h2-3,6-7,11-14H,4,8-9H2,1H3. The second kappa shape index (κ2) is 6.28. The van der Waals surface area contributed by atoms with Gasteiger partial charge in [-0.3, -0.25) is 9.36 Å². The van der Waals surface area contributed by atoms with E-state index in [9.17, 15) is 5.26 Å². The number of hydrogen-bond donors (Lipinski definition) is 0. The van der Waals surface area contributed by atoms with Gasteiger partial charge in [-0.15, -0.1) is 0 Å². The first-order valence-electron chi connectivity index (χ1n) is 9.28. The van der Waals surface area contributed by atoms with Crippen LogP contribution in [0.1, 0.15) is 19.3 Å². The molecule has 0 spiro atoms. The molecule has 0 amide bonds. The summed E-state index contributed by atoms with van der Waals surface area (Å²) in [4.78, 5) is 4.84. The third-order valence-electron chi connectivity index (χ3n) is 5.55. The normalized spacial score (nSPS) is 20.9. The van der Waals surface area contributed by atoms with Crippen LogP contribution in [0.3, 0.4) is 0 Å². The van der Waals surface area contributed by atoms with Gasteiger partial charge in [-0.25, -0.2) is 9.50 Å². The lowest BCUT2D eigenvalue weighted by Crippen LogP contribution is -2.46. The Hall–Kier alpha value is -3.98. The fourth-order valence-corrected chi connectivity index (χ4v) is 4.03. The Kier molecular flexibility index (Phi) is 3.71. The molecule has 0 bridgehead atoms. The molecule has 0 atom stereocenters. The van der Waals surface area contributed by atoms with Gasteiger partial charge in [-0.1, -0.05) is 0 Å². The quantitative estimate of drug-likeness (QED) is 0.535. The lowest BCUT2D eigenvalue weighted by molar-refractivity contribution is 0.0882. The molecule has 142 valence electrons. The van der Waals surface area contributed by atoms with Crippen molar-refractivity contribution >= 4 is 5.52 Å². The highest BCUT2D eigenvalue weighted by Crippen LogP contribution is 2.46. The highest BCUT2D eigenvalue weighted by atomic mass is 15.3. The van der Waals surface area contributed by atoms with Crippen LogP contribution in [0.15, 0.2) is 43.1 Å². The predicted octanol–water partition coefficient (Wildman–Crippen LogP) is 2.54. The van der Waals surface area contributed by atoms with Crippen molar-refractivity contribution in [2.24, 2.45) is 13.0 Å². The van der Waals surface area contributed by atoms with E-state index in [1.165, 1.54) is 0 Å². The molecule has 0 radical (unpaired) electrons. The van der Waals surface area contributed by atoms with Gasteiger partial charge in [0, 0.05) is 25.0 Å². The van der Waals surface area contributed by atoms with E-state index >= 15 is 0 Å². The van der Waals surface area contributed by atoms with E-state index < -0.39 is 5.54 Å². The first-order valence-corrected chi connectivity index (χ1v) is 9.28. The SMILES string of the molecule is Cn1ccc(-c2cn3nccc3c(-c3cnn(C4(CC#N)CC(C#N)C4)c3)n2)n1. The first-order chi connectivity index (χ1) is 14.1. The molecule has 0 saturated heterocycles. The summed E-state index contributed by atoms with van der Waals surface area (Å²) in [5.74, 6) is -0.0249. The average Bonchev–Trinajstić information content (AvgIpc) is 3.43. The maximum Gasteiger partial charge on any atom is 0.112 e. The fraction of sp³-hybridized carbons (Fsp3) is 0.300. The van der Waals surface area contributed by atoms with Crippen LogP contribution in [0.5, 0.6) is 0 Å². The minimum Gasteiger partial charge on any atom is -0.275 e. The maximum absolute atomic E-state index is 9.28. The summed E-state index contributed by atoms with van der Waals surface area (Å²) < 4.78 is 5.35. The van der Waals surface area contributed by atoms with Crippen LogP contribution in [-0.2, 0) is 12.6 Å². The summed E-state index contributed by atoms with van der Waals surface area (Å²) in [6.45, 7) is 0. The second-order valence-electron chi connectivity index (χ2n) is 7.48. The summed E-state index contributed by atoms with van der Waals surface area (Å²) in [5, 5.41) is 31.8. The molecule has 0 aromatic carbocycles. The Balaban J connectivity index is 1.59. The van der Waals surface area contributed by atoms with Crippen LogP contribution in [0.25, 0.3) is 28.2 Å². The third-order valence-corrected chi connectivity index (χ3v) is 5.55. The number of nitrogens with zero attached hydrogens (tertiary/aromatic N) is 9. The molecule has 4 heterocycles. The molecule has 9 nitrogen and oxygen atoms in total. The van der Waals surface area contributed by atoms with Gasteiger partial charge in [0.05, 0.1) is 59.8 Å². The molecule has 0 N–H and O–H groups in total. The molecule has 1 aliphatic carbocycles. The number of hydrogen-bond acceptors (Lipinski definition) is 6. The largest absolute Gasteiger partial charge is 0.275 e. The van der Waals surface area contributed by atoms with Crippen molar-refractivity contribution in [3.05, 3.63) is 43.1 Å². The number of aryl methyl sites for hydroxylation is 1. The van der Waals surface area contributed by atoms with E-state index in [-0.39, 0.29) is 5.92 Å². The van der Waals surface area contributed by atoms with E-state index in [1.807, 2.05) is 42.5 Å². The molecule has 29 heavy (non-hydrogen) atoms. The number of fused-ring (bicyclic) bond motifs is 1. The van der Waals surface area contributed by atoms with Gasteiger partial charge in [0.1, 0.15) is 11.4 Å². The Morgan fingerprint density at radius 2 is 2.03 bits per heavy atom. The number of rotatable bonds is 4. The minimum absolute atomic E-state index is 0.0249. The van der Waals surface area contributed by atoms with Crippen molar-refractivity contribution < 1.29 is 0 Å². The van der Waals surface area contributed by atoms with Gasteiger partial charge >= 0.3 is 0 Å². The smallest absolute Gasteiger partial charge is 0.112 e. The molecule has 1 saturated carbocycles.